The van der Waals surface area contributed by atoms with Crippen LogP contribution < -0.4 is 5.73 Å². The zero-order valence-corrected chi connectivity index (χ0v) is 10.7. The summed E-state index contributed by atoms with van der Waals surface area (Å²) in [7, 11) is 1.98. The molecule has 0 bridgehead atoms. The minimum atomic E-state index is 0.752. The highest BCUT2D eigenvalue weighted by Gasteiger charge is 2.08. The number of aromatic nitrogens is 3. The molecular weight excluding hydrogens is 244 g/mol. The Morgan fingerprint density at radius 2 is 2.06 bits per heavy atom. The van der Waals surface area contributed by atoms with E-state index >= 15 is 0 Å². The van der Waals surface area contributed by atoms with Gasteiger partial charge in [0.05, 0.1) is 0 Å². The van der Waals surface area contributed by atoms with Crippen LogP contribution in [0.15, 0.2) is 53.0 Å². The topological polar surface area (TPSA) is 56.7 Å². The molecule has 2 N–H and O–H groups in total. The molecule has 4 nitrogen and oxygen atoms in total. The number of pyridine rings is 1. The van der Waals surface area contributed by atoms with Gasteiger partial charge in [-0.2, -0.15) is 0 Å². The fraction of sp³-hybridized carbons (Fsp3) is 0.0769. The molecule has 0 aliphatic carbocycles. The number of nitrogens with zero attached hydrogens (tertiary/aromatic N) is 3. The Balaban J connectivity index is 2.13. The monoisotopic (exact) mass is 256 g/mol. The van der Waals surface area contributed by atoms with Crippen LogP contribution in [0.1, 0.15) is 0 Å². The average Bonchev–Trinajstić information content (AvgIpc) is 2.79. The third-order valence-corrected chi connectivity index (χ3v) is 3.94. The molecule has 2 heterocycles. The van der Waals surface area contributed by atoms with Crippen LogP contribution in [-0.2, 0) is 7.05 Å². The van der Waals surface area contributed by atoms with Gasteiger partial charge in [0.25, 0.3) is 0 Å². The van der Waals surface area contributed by atoms with Gasteiger partial charge in [0.1, 0.15) is 0 Å². The van der Waals surface area contributed by atoms with Crippen molar-refractivity contribution in [2.24, 2.45) is 7.05 Å². The molecule has 0 saturated carbocycles. The maximum absolute atomic E-state index is 5.96. The van der Waals surface area contributed by atoms with Crippen LogP contribution in [0.2, 0.25) is 0 Å². The van der Waals surface area contributed by atoms with E-state index in [0.717, 1.165) is 26.5 Å². The zero-order chi connectivity index (χ0) is 12.5. The van der Waals surface area contributed by atoms with Gasteiger partial charge in [-0.05, 0) is 18.2 Å². The number of fused-ring (bicyclic) bond motifs is 1. The highest BCUT2D eigenvalue weighted by Crippen LogP contribution is 2.34. The lowest BCUT2D eigenvalue weighted by Crippen LogP contribution is -1.91. The van der Waals surface area contributed by atoms with E-state index in [-0.39, 0.29) is 0 Å². The van der Waals surface area contributed by atoms with Crippen molar-refractivity contribution >= 4 is 28.2 Å². The van der Waals surface area contributed by atoms with Gasteiger partial charge < -0.3 is 10.3 Å². The maximum Gasteiger partial charge on any atom is 0.172 e. The standard InChI is InChI=1S/C13H12N4S/c1-17-7-6-16-13(17)18-12-3-2-11(14)10-8-15-5-4-9(10)12/h2-8H,14H2,1H3. The van der Waals surface area contributed by atoms with E-state index in [9.17, 15) is 0 Å². The number of anilines is 1. The summed E-state index contributed by atoms with van der Waals surface area (Å²) in [5.74, 6) is 0. The lowest BCUT2D eigenvalue weighted by atomic mass is 10.1. The molecule has 0 spiro atoms. The molecule has 0 aliphatic rings. The first kappa shape index (κ1) is 11.1. The third-order valence-electron chi connectivity index (χ3n) is 2.79. The van der Waals surface area contributed by atoms with Crippen LogP contribution in [0.3, 0.4) is 0 Å². The zero-order valence-electron chi connectivity index (χ0n) is 9.87. The fourth-order valence-corrected chi connectivity index (χ4v) is 2.76. The van der Waals surface area contributed by atoms with Crippen molar-refractivity contribution in [2.75, 3.05) is 5.73 Å². The van der Waals surface area contributed by atoms with Crippen LogP contribution in [-0.4, -0.2) is 14.5 Å². The van der Waals surface area contributed by atoms with Crippen molar-refractivity contribution in [1.29, 1.82) is 0 Å². The molecule has 0 fully saturated rings. The maximum atomic E-state index is 5.96. The first-order valence-electron chi connectivity index (χ1n) is 5.53. The van der Waals surface area contributed by atoms with Gasteiger partial charge >= 0.3 is 0 Å². The number of benzene rings is 1. The Hall–Kier alpha value is -2.01. The summed E-state index contributed by atoms with van der Waals surface area (Å²) in [5.41, 5.74) is 6.71. The highest BCUT2D eigenvalue weighted by atomic mass is 32.2. The van der Waals surface area contributed by atoms with Crippen LogP contribution in [0, 0.1) is 0 Å². The first-order valence-corrected chi connectivity index (χ1v) is 6.35. The van der Waals surface area contributed by atoms with Crippen molar-refractivity contribution in [1.82, 2.24) is 14.5 Å². The van der Waals surface area contributed by atoms with E-state index < -0.39 is 0 Å². The summed E-state index contributed by atoms with van der Waals surface area (Å²) in [5, 5.41) is 3.05. The summed E-state index contributed by atoms with van der Waals surface area (Å²) in [4.78, 5) is 9.57. The van der Waals surface area contributed by atoms with Crippen LogP contribution in [0.25, 0.3) is 10.8 Å². The molecular formula is C13H12N4S. The Labute approximate surface area is 109 Å². The molecule has 2 aromatic heterocycles. The Bertz CT molecular complexity index is 705. The molecule has 0 amide bonds. The average molecular weight is 256 g/mol. The number of hydrogen-bond donors (Lipinski definition) is 1. The summed E-state index contributed by atoms with van der Waals surface area (Å²) in [6, 6.07) is 5.92. The number of imidazole rings is 1. The van der Waals surface area contributed by atoms with Crippen molar-refractivity contribution in [3.05, 3.63) is 43.0 Å². The van der Waals surface area contributed by atoms with Crippen molar-refractivity contribution in [3.63, 3.8) is 0 Å². The quantitative estimate of drug-likeness (QED) is 0.716. The fourth-order valence-electron chi connectivity index (χ4n) is 1.82. The molecule has 0 radical (unpaired) electrons. The first-order chi connectivity index (χ1) is 8.75. The lowest BCUT2D eigenvalue weighted by Gasteiger charge is -2.07. The second-order valence-electron chi connectivity index (χ2n) is 4.00. The van der Waals surface area contributed by atoms with Crippen molar-refractivity contribution in [2.45, 2.75) is 10.1 Å². The number of hydrogen-bond acceptors (Lipinski definition) is 4. The number of nitrogen functional groups attached to an aromatic ring is 1. The van der Waals surface area contributed by atoms with Crippen molar-refractivity contribution in [3.8, 4) is 0 Å². The largest absolute Gasteiger partial charge is 0.398 e. The summed E-state index contributed by atoms with van der Waals surface area (Å²) < 4.78 is 1.99. The van der Waals surface area contributed by atoms with E-state index in [1.54, 1.807) is 30.4 Å². The van der Waals surface area contributed by atoms with E-state index in [1.807, 2.05) is 36.0 Å². The number of rotatable bonds is 2. The second-order valence-corrected chi connectivity index (χ2v) is 5.01. The molecule has 90 valence electrons. The smallest absolute Gasteiger partial charge is 0.172 e. The summed E-state index contributed by atoms with van der Waals surface area (Å²) in [6.45, 7) is 0. The summed E-state index contributed by atoms with van der Waals surface area (Å²) in [6.07, 6.45) is 7.31. The molecule has 1 aromatic carbocycles. The van der Waals surface area contributed by atoms with E-state index in [0.29, 0.717) is 0 Å². The molecule has 0 aliphatic heterocycles. The molecule has 3 rings (SSSR count). The minimum Gasteiger partial charge on any atom is -0.398 e. The van der Waals surface area contributed by atoms with Gasteiger partial charge in [-0.1, -0.05) is 11.8 Å². The van der Waals surface area contributed by atoms with Gasteiger partial charge in [-0.25, -0.2) is 4.98 Å². The number of aryl methyl sites for hydroxylation is 1. The molecule has 0 atom stereocenters. The Kier molecular flexibility index (Phi) is 2.68. The SMILES string of the molecule is Cn1ccnc1Sc1ccc(N)c2cnccc12. The minimum absolute atomic E-state index is 0.752. The van der Waals surface area contributed by atoms with E-state index in [4.69, 9.17) is 5.73 Å². The van der Waals surface area contributed by atoms with Crippen LogP contribution in [0.5, 0.6) is 0 Å². The summed E-state index contributed by atoms with van der Waals surface area (Å²) >= 11 is 1.63. The van der Waals surface area contributed by atoms with Gasteiger partial charge in [0.15, 0.2) is 5.16 Å². The number of nitrogens with two attached hydrogens (primary N) is 1. The molecule has 3 aromatic rings. The van der Waals surface area contributed by atoms with Crippen molar-refractivity contribution < 1.29 is 0 Å². The lowest BCUT2D eigenvalue weighted by molar-refractivity contribution is 0.790. The van der Waals surface area contributed by atoms with Crippen LogP contribution >= 0.6 is 11.8 Å². The second kappa shape index (κ2) is 4.34. The van der Waals surface area contributed by atoms with Crippen LogP contribution in [0.4, 0.5) is 5.69 Å². The van der Waals surface area contributed by atoms with Gasteiger partial charge in [0, 0.05) is 53.2 Å². The van der Waals surface area contributed by atoms with Gasteiger partial charge in [0.2, 0.25) is 0 Å². The Morgan fingerprint density at radius 1 is 1.17 bits per heavy atom. The van der Waals surface area contributed by atoms with E-state index in [1.165, 1.54) is 0 Å². The van der Waals surface area contributed by atoms with Gasteiger partial charge in [-0.15, -0.1) is 0 Å². The van der Waals surface area contributed by atoms with E-state index in [2.05, 4.69) is 9.97 Å². The molecule has 0 saturated heterocycles. The van der Waals surface area contributed by atoms with Gasteiger partial charge in [-0.3, -0.25) is 4.98 Å². The predicted octanol–water partition coefficient (Wildman–Crippen LogP) is 2.70. The normalized spacial score (nSPS) is 10.9. The molecule has 0 unspecified atom stereocenters. The molecule has 5 heteroatoms. The predicted molar refractivity (Wildman–Crippen MR) is 73.5 cm³/mol. The molecule has 18 heavy (non-hydrogen) atoms. The Morgan fingerprint density at radius 3 is 2.83 bits per heavy atom. The third kappa shape index (κ3) is 1.82. The highest BCUT2D eigenvalue weighted by molar-refractivity contribution is 7.99.